The lowest BCUT2D eigenvalue weighted by Crippen LogP contribution is -2.51. The number of aromatic nitrogens is 3. The second-order valence-electron chi connectivity index (χ2n) is 5.43. The molecule has 1 aromatic carbocycles. The van der Waals surface area contributed by atoms with E-state index in [1.165, 1.54) is 0 Å². The van der Waals surface area contributed by atoms with Crippen LogP contribution in [0.5, 0.6) is 0 Å². The van der Waals surface area contributed by atoms with E-state index in [2.05, 4.69) is 20.5 Å². The minimum atomic E-state index is -0.901. The molecular formula is C13H18N4O. The SMILES string of the molecule is CC(C)(O)C(C)(C)Nc1nnc2ccccc2n1. The van der Waals surface area contributed by atoms with E-state index < -0.39 is 11.1 Å². The standard InChI is InChI=1S/C13H18N4O/c1-12(2,13(3,4)18)15-11-14-9-7-5-6-8-10(9)16-17-11/h5-8,18H,1-4H3,(H,14,15,17). The molecule has 2 rings (SSSR count). The van der Waals surface area contributed by atoms with Gasteiger partial charge in [0.05, 0.1) is 16.7 Å². The monoisotopic (exact) mass is 246 g/mol. The van der Waals surface area contributed by atoms with Gasteiger partial charge in [0.25, 0.3) is 0 Å². The summed E-state index contributed by atoms with van der Waals surface area (Å²) in [7, 11) is 0. The zero-order valence-electron chi connectivity index (χ0n) is 11.1. The Morgan fingerprint density at radius 2 is 1.61 bits per heavy atom. The fourth-order valence-electron chi connectivity index (χ4n) is 1.37. The fourth-order valence-corrected chi connectivity index (χ4v) is 1.37. The van der Waals surface area contributed by atoms with Crippen molar-refractivity contribution in [1.29, 1.82) is 0 Å². The first kappa shape index (κ1) is 12.7. The molecule has 1 aromatic heterocycles. The Balaban J connectivity index is 2.33. The maximum Gasteiger partial charge on any atom is 0.243 e. The van der Waals surface area contributed by atoms with E-state index in [9.17, 15) is 5.11 Å². The number of hydrogen-bond acceptors (Lipinski definition) is 5. The first-order valence-corrected chi connectivity index (χ1v) is 5.90. The molecule has 0 unspecified atom stereocenters. The van der Waals surface area contributed by atoms with Crippen molar-refractivity contribution in [3.8, 4) is 0 Å². The number of aliphatic hydroxyl groups is 1. The van der Waals surface area contributed by atoms with Crippen LogP contribution in [0.4, 0.5) is 5.95 Å². The van der Waals surface area contributed by atoms with Crippen molar-refractivity contribution < 1.29 is 5.11 Å². The molecule has 1 heterocycles. The van der Waals surface area contributed by atoms with E-state index in [1.54, 1.807) is 13.8 Å². The van der Waals surface area contributed by atoms with Crippen molar-refractivity contribution in [2.45, 2.75) is 38.8 Å². The summed E-state index contributed by atoms with van der Waals surface area (Å²) in [6.45, 7) is 7.28. The van der Waals surface area contributed by atoms with E-state index in [0.29, 0.717) is 5.95 Å². The Hall–Kier alpha value is -1.75. The Labute approximate surface area is 106 Å². The first-order chi connectivity index (χ1) is 8.29. The molecule has 0 atom stereocenters. The highest BCUT2D eigenvalue weighted by atomic mass is 16.3. The molecule has 2 aromatic rings. The normalized spacial score (nSPS) is 12.7. The van der Waals surface area contributed by atoms with Gasteiger partial charge in [-0.3, -0.25) is 0 Å². The predicted octanol–water partition coefficient (Wildman–Crippen LogP) is 1.99. The highest BCUT2D eigenvalue weighted by Gasteiger charge is 2.35. The molecule has 5 heteroatoms. The van der Waals surface area contributed by atoms with Crippen molar-refractivity contribution >= 4 is 17.0 Å². The lowest BCUT2D eigenvalue weighted by Gasteiger charge is -2.37. The van der Waals surface area contributed by atoms with Crippen molar-refractivity contribution in [3.63, 3.8) is 0 Å². The number of nitrogens with one attached hydrogen (secondary N) is 1. The zero-order valence-corrected chi connectivity index (χ0v) is 11.1. The van der Waals surface area contributed by atoms with Gasteiger partial charge in [-0.15, -0.1) is 10.2 Å². The molecule has 0 aliphatic heterocycles. The maximum absolute atomic E-state index is 10.1. The second kappa shape index (κ2) is 4.17. The minimum Gasteiger partial charge on any atom is -0.388 e. The van der Waals surface area contributed by atoms with Gasteiger partial charge in [0.2, 0.25) is 5.95 Å². The van der Waals surface area contributed by atoms with Gasteiger partial charge in [0.15, 0.2) is 0 Å². The lowest BCUT2D eigenvalue weighted by molar-refractivity contribution is 0.0237. The van der Waals surface area contributed by atoms with Crippen molar-refractivity contribution in [2.75, 3.05) is 5.32 Å². The highest BCUT2D eigenvalue weighted by Crippen LogP contribution is 2.24. The topological polar surface area (TPSA) is 70.9 Å². The molecule has 0 aliphatic carbocycles. The molecular weight excluding hydrogens is 228 g/mol. The van der Waals surface area contributed by atoms with Crippen molar-refractivity contribution in [2.24, 2.45) is 0 Å². The average Bonchev–Trinajstić information content (AvgIpc) is 2.27. The number of rotatable bonds is 3. The molecule has 0 amide bonds. The number of fused-ring (bicyclic) bond motifs is 1. The number of benzene rings is 1. The molecule has 96 valence electrons. The van der Waals surface area contributed by atoms with Crippen molar-refractivity contribution in [3.05, 3.63) is 24.3 Å². The smallest absolute Gasteiger partial charge is 0.243 e. The number of hydrogen-bond donors (Lipinski definition) is 2. The van der Waals surface area contributed by atoms with Crippen LogP contribution in [0, 0.1) is 0 Å². The Morgan fingerprint density at radius 1 is 1.00 bits per heavy atom. The van der Waals surface area contributed by atoms with Gasteiger partial charge in [-0.05, 0) is 39.8 Å². The van der Waals surface area contributed by atoms with Crippen LogP contribution in [0.2, 0.25) is 0 Å². The van der Waals surface area contributed by atoms with Crippen molar-refractivity contribution in [1.82, 2.24) is 15.2 Å². The summed E-state index contributed by atoms with van der Waals surface area (Å²) in [5, 5.41) is 21.3. The summed E-state index contributed by atoms with van der Waals surface area (Å²) in [4.78, 5) is 4.38. The maximum atomic E-state index is 10.1. The van der Waals surface area contributed by atoms with Gasteiger partial charge in [-0.25, -0.2) is 4.98 Å². The van der Waals surface area contributed by atoms with E-state index in [-0.39, 0.29) is 0 Å². The van der Waals surface area contributed by atoms with Crippen LogP contribution in [0.25, 0.3) is 11.0 Å². The van der Waals surface area contributed by atoms with Gasteiger partial charge < -0.3 is 10.4 Å². The fraction of sp³-hybridized carbons (Fsp3) is 0.462. The van der Waals surface area contributed by atoms with Gasteiger partial charge in [-0.2, -0.15) is 0 Å². The van der Waals surface area contributed by atoms with Gasteiger partial charge in [0, 0.05) is 0 Å². The van der Waals surface area contributed by atoms with E-state index in [0.717, 1.165) is 11.0 Å². The van der Waals surface area contributed by atoms with Crippen LogP contribution in [-0.4, -0.2) is 31.4 Å². The third-order valence-corrected chi connectivity index (χ3v) is 3.31. The minimum absolute atomic E-state index is 0.417. The summed E-state index contributed by atoms with van der Waals surface area (Å²) < 4.78 is 0. The van der Waals surface area contributed by atoms with E-state index >= 15 is 0 Å². The van der Waals surface area contributed by atoms with Gasteiger partial charge in [0.1, 0.15) is 5.52 Å². The molecule has 5 nitrogen and oxygen atoms in total. The quantitative estimate of drug-likeness (QED) is 0.866. The van der Waals surface area contributed by atoms with Crippen LogP contribution in [0.15, 0.2) is 24.3 Å². The van der Waals surface area contributed by atoms with E-state index in [4.69, 9.17) is 0 Å². The molecule has 0 radical (unpaired) electrons. The molecule has 0 aliphatic rings. The largest absolute Gasteiger partial charge is 0.388 e. The molecule has 0 fully saturated rings. The molecule has 0 saturated carbocycles. The zero-order chi connectivity index (χ0) is 13.4. The third-order valence-electron chi connectivity index (χ3n) is 3.31. The number of anilines is 1. The number of para-hydroxylation sites is 1. The van der Waals surface area contributed by atoms with Crippen LogP contribution in [0.1, 0.15) is 27.7 Å². The van der Waals surface area contributed by atoms with Gasteiger partial charge >= 0.3 is 0 Å². The molecule has 0 bridgehead atoms. The van der Waals surface area contributed by atoms with Crippen LogP contribution in [-0.2, 0) is 0 Å². The molecule has 2 N–H and O–H groups in total. The molecule has 0 spiro atoms. The summed E-state index contributed by atoms with van der Waals surface area (Å²) in [5.41, 5.74) is 0.0738. The van der Waals surface area contributed by atoms with Crippen LogP contribution >= 0.6 is 0 Å². The summed E-state index contributed by atoms with van der Waals surface area (Å²) in [6, 6.07) is 7.54. The first-order valence-electron chi connectivity index (χ1n) is 5.90. The van der Waals surface area contributed by atoms with Crippen LogP contribution in [0.3, 0.4) is 0 Å². The summed E-state index contributed by atoms with van der Waals surface area (Å²) >= 11 is 0. The Bertz CT molecular complexity index is 560. The molecule has 18 heavy (non-hydrogen) atoms. The second-order valence-corrected chi connectivity index (χ2v) is 5.43. The molecule has 0 saturated heterocycles. The highest BCUT2D eigenvalue weighted by molar-refractivity contribution is 5.74. The summed E-state index contributed by atoms with van der Waals surface area (Å²) in [5.74, 6) is 0.417. The van der Waals surface area contributed by atoms with E-state index in [1.807, 2.05) is 38.1 Å². The lowest BCUT2D eigenvalue weighted by atomic mass is 9.86. The van der Waals surface area contributed by atoms with Gasteiger partial charge in [-0.1, -0.05) is 12.1 Å². The number of nitrogens with zero attached hydrogens (tertiary/aromatic N) is 3. The average molecular weight is 246 g/mol. The van der Waals surface area contributed by atoms with Crippen LogP contribution < -0.4 is 5.32 Å². The third kappa shape index (κ3) is 2.41. The predicted molar refractivity (Wildman–Crippen MR) is 71.3 cm³/mol. The summed E-state index contributed by atoms with van der Waals surface area (Å²) in [6.07, 6.45) is 0. The Kier molecular flexibility index (Phi) is 2.94. The Morgan fingerprint density at radius 3 is 2.22 bits per heavy atom.